The first-order valence-corrected chi connectivity index (χ1v) is 3.46. The van der Waals surface area contributed by atoms with E-state index in [9.17, 15) is 4.39 Å². The molecule has 0 amide bonds. The minimum absolute atomic E-state index is 0.330. The molecule has 0 atom stereocenters. The topological polar surface area (TPSA) is 0 Å². The van der Waals surface area contributed by atoms with E-state index in [1.54, 1.807) is 24.3 Å². The summed E-state index contributed by atoms with van der Waals surface area (Å²) in [4.78, 5) is 0. The highest BCUT2D eigenvalue weighted by Gasteiger charge is 2.01. The third kappa shape index (κ3) is 1.84. The van der Waals surface area contributed by atoms with Crippen molar-refractivity contribution in [2.24, 2.45) is 0 Å². The first kappa shape index (κ1) is 8.34. The Labute approximate surface area is 71.1 Å². The van der Waals surface area contributed by atoms with Gasteiger partial charge in [0.1, 0.15) is 13.7 Å². The van der Waals surface area contributed by atoms with Crippen molar-refractivity contribution in [3.8, 4) is 0 Å². The second kappa shape index (κ2) is 3.58. The summed E-state index contributed by atoms with van der Waals surface area (Å²) in [5, 5.41) is 0.367. The standard InChI is InChI=1S/C8H5BClF/c9-5-8(11)6-3-1-2-4-7(6)10/h1-5H/b8-5-. The fourth-order valence-corrected chi connectivity index (χ4v) is 0.971. The number of hydrogen-bond donors (Lipinski definition) is 0. The van der Waals surface area contributed by atoms with Gasteiger partial charge in [-0.05, 0) is 6.07 Å². The van der Waals surface area contributed by atoms with Crippen molar-refractivity contribution in [3.63, 3.8) is 0 Å². The van der Waals surface area contributed by atoms with E-state index in [1.165, 1.54) is 0 Å². The lowest BCUT2D eigenvalue weighted by Gasteiger charge is -1.98. The number of benzene rings is 1. The molecule has 54 valence electrons. The van der Waals surface area contributed by atoms with E-state index in [1.807, 2.05) is 0 Å². The molecule has 0 spiro atoms. The second-order valence-electron chi connectivity index (χ2n) is 1.99. The molecule has 1 aromatic carbocycles. The minimum Gasteiger partial charge on any atom is -0.208 e. The molecule has 0 fully saturated rings. The minimum atomic E-state index is -0.504. The van der Waals surface area contributed by atoms with Gasteiger partial charge in [-0.3, -0.25) is 0 Å². The number of rotatable bonds is 1. The van der Waals surface area contributed by atoms with Crippen LogP contribution < -0.4 is 0 Å². The average molecular weight is 166 g/mol. The highest BCUT2D eigenvalue weighted by Crippen LogP contribution is 2.23. The van der Waals surface area contributed by atoms with Crippen LogP contribution in [0.3, 0.4) is 0 Å². The molecule has 0 aromatic heterocycles. The summed E-state index contributed by atoms with van der Waals surface area (Å²) >= 11 is 5.66. The predicted molar refractivity (Wildman–Crippen MR) is 46.3 cm³/mol. The van der Waals surface area contributed by atoms with Crippen molar-refractivity contribution < 1.29 is 4.39 Å². The molecule has 0 unspecified atom stereocenters. The molecule has 0 bridgehead atoms. The van der Waals surface area contributed by atoms with Crippen LogP contribution in [0.1, 0.15) is 5.56 Å². The Bertz CT molecular complexity index is 283. The molecule has 0 aliphatic rings. The summed E-state index contributed by atoms with van der Waals surface area (Å²) in [5.74, 6) is 0.386. The van der Waals surface area contributed by atoms with Crippen LogP contribution in [0.4, 0.5) is 4.39 Å². The van der Waals surface area contributed by atoms with Crippen LogP contribution in [0.15, 0.2) is 30.2 Å². The summed E-state index contributed by atoms with van der Waals surface area (Å²) in [7, 11) is 4.98. The summed E-state index contributed by atoms with van der Waals surface area (Å²) < 4.78 is 12.8. The van der Waals surface area contributed by atoms with Crippen LogP contribution in [0.2, 0.25) is 5.02 Å². The second-order valence-corrected chi connectivity index (χ2v) is 2.40. The summed E-state index contributed by atoms with van der Waals surface area (Å²) in [6.45, 7) is 0. The smallest absolute Gasteiger partial charge is 0.117 e. The third-order valence-electron chi connectivity index (χ3n) is 1.28. The van der Waals surface area contributed by atoms with Gasteiger partial charge >= 0.3 is 0 Å². The highest BCUT2D eigenvalue weighted by atomic mass is 35.5. The number of hydrogen-bond acceptors (Lipinski definition) is 0. The van der Waals surface area contributed by atoms with Gasteiger partial charge in [-0.1, -0.05) is 35.8 Å². The van der Waals surface area contributed by atoms with Gasteiger partial charge in [0.25, 0.3) is 0 Å². The molecule has 1 aromatic rings. The van der Waals surface area contributed by atoms with Gasteiger partial charge in [-0.2, -0.15) is 0 Å². The van der Waals surface area contributed by atoms with Crippen molar-refractivity contribution in [1.82, 2.24) is 0 Å². The molecule has 0 nitrogen and oxygen atoms in total. The SMILES string of the molecule is [B]/C=C(\F)c1ccccc1Cl. The zero-order chi connectivity index (χ0) is 8.27. The van der Waals surface area contributed by atoms with Gasteiger partial charge in [0.2, 0.25) is 0 Å². The Balaban J connectivity index is 3.14. The Morgan fingerprint density at radius 2 is 2.09 bits per heavy atom. The van der Waals surface area contributed by atoms with E-state index in [-0.39, 0.29) is 0 Å². The normalized spacial score (nSPS) is 11.6. The van der Waals surface area contributed by atoms with E-state index in [0.717, 1.165) is 5.98 Å². The van der Waals surface area contributed by atoms with Crippen molar-refractivity contribution >= 4 is 25.3 Å². The predicted octanol–water partition coefficient (Wildman–Crippen LogP) is 2.78. The molecule has 0 N–H and O–H groups in total. The van der Waals surface area contributed by atoms with E-state index in [2.05, 4.69) is 0 Å². The molecule has 0 aliphatic carbocycles. The summed E-state index contributed by atoms with van der Waals surface area (Å²) in [5.41, 5.74) is 0.330. The molecular formula is C8H5BClF. The lowest BCUT2D eigenvalue weighted by Crippen LogP contribution is -1.78. The lowest BCUT2D eigenvalue weighted by atomic mass is 10.1. The maximum atomic E-state index is 12.8. The molecule has 1 rings (SSSR count). The largest absolute Gasteiger partial charge is 0.208 e. The lowest BCUT2D eigenvalue weighted by molar-refractivity contribution is 0.762. The van der Waals surface area contributed by atoms with E-state index >= 15 is 0 Å². The van der Waals surface area contributed by atoms with Crippen LogP contribution in [0.5, 0.6) is 0 Å². The maximum Gasteiger partial charge on any atom is 0.117 e. The zero-order valence-electron chi connectivity index (χ0n) is 5.72. The first-order chi connectivity index (χ1) is 5.25. The van der Waals surface area contributed by atoms with Crippen LogP contribution >= 0.6 is 11.6 Å². The van der Waals surface area contributed by atoms with Gasteiger partial charge in [-0.25, -0.2) is 4.39 Å². The maximum absolute atomic E-state index is 12.8. The Kier molecular flexibility index (Phi) is 2.72. The quantitative estimate of drug-likeness (QED) is 0.563. The fourth-order valence-electron chi connectivity index (χ4n) is 0.745. The number of halogens is 2. The van der Waals surface area contributed by atoms with Crippen LogP contribution in [-0.2, 0) is 0 Å². The summed E-state index contributed by atoms with van der Waals surface area (Å²) in [6, 6.07) is 6.61. The van der Waals surface area contributed by atoms with Gasteiger partial charge in [0, 0.05) is 5.56 Å². The third-order valence-corrected chi connectivity index (χ3v) is 1.61. The molecule has 0 heterocycles. The van der Waals surface area contributed by atoms with Crippen molar-refractivity contribution in [3.05, 3.63) is 40.8 Å². The molecule has 0 saturated carbocycles. The summed E-state index contributed by atoms with van der Waals surface area (Å²) in [6.07, 6.45) is 0. The van der Waals surface area contributed by atoms with Gasteiger partial charge in [0.05, 0.1) is 5.02 Å². The first-order valence-electron chi connectivity index (χ1n) is 3.08. The average Bonchev–Trinajstić information content (AvgIpc) is 2.04. The van der Waals surface area contributed by atoms with E-state index in [4.69, 9.17) is 19.4 Å². The Hall–Kier alpha value is -0.755. The highest BCUT2D eigenvalue weighted by molar-refractivity contribution is 6.32. The van der Waals surface area contributed by atoms with Crippen LogP contribution in [-0.4, -0.2) is 7.85 Å². The monoisotopic (exact) mass is 166 g/mol. The van der Waals surface area contributed by atoms with Gasteiger partial charge < -0.3 is 0 Å². The van der Waals surface area contributed by atoms with Crippen molar-refractivity contribution in [1.29, 1.82) is 0 Å². The molecule has 0 saturated heterocycles. The van der Waals surface area contributed by atoms with Gasteiger partial charge in [0.15, 0.2) is 0 Å². The van der Waals surface area contributed by atoms with Crippen molar-refractivity contribution in [2.75, 3.05) is 0 Å². The molecule has 0 aliphatic heterocycles. The van der Waals surface area contributed by atoms with Crippen LogP contribution in [0.25, 0.3) is 5.83 Å². The molecule has 11 heavy (non-hydrogen) atoms. The van der Waals surface area contributed by atoms with E-state index in [0.29, 0.717) is 10.6 Å². The van der Waals surface area contributed by atoms with Gasteiger partial charge in [-0.15, -0.1) is 0 Å². The molecule has 2 radical (unpaired) electrons. The Morgan fingerprint density at radius 3 is 2.64 bits per heavy atom. The zero-order valence-corrected chi connectivity index (χ0v) is 6.48. The van der Waals surface area contributed by atoms with Crippen molar-refractivity contribution in [2.45, 2.75) is 0 Å². The molecule has 3 heteroatoms. The Morgan fingerprint density at radius 1 is 1.45 bits per heavy atom. The van der Waals surface area contributed by atoms with Crippen LogP contribution in [0, 0.1) is 0 Å². The fraction of sp³-hybridized carbons (Fsp3) is 0. The van der Waals surface area contributed by atoms with E-state index < -0.39 is 5.83 Å². The molecular weight excluding hydrogens is 161 g/mol.